The van der Waals surface area contributed by atoms with Gasteiger partial charge in [-0.05, 0) is 18.2 Å². The number of hydrogen-bond acceptors (Lipinski definition) is 6. The predicted octanol–water partition coefficient (Wildman–Crippen LogP) is 2.40. The van der Waals surface area contributed by atoms with E-state index in [-0.39, 0.29) is 17.1 Å². The Morgan fingerprint density at radius 1 is 1.40 bits per heavy atom. The van der Waals surface area contributed by atoms with Crippen molar-refractivity contribution in [3.8, 4) is 11.5 Å². The number of methoxy groups -OCH3 is 1. The van der Waals surface area contributed by atoms with Crippen LogP contribution < -0.4 is 14.8 Å². The molecule has 0 spiro atoms. The minimum Gasteiger partial charge on any atom is -0.493 e. The molecular formula is C11H9F2N3O3S. The highest BCUT2D eigenvalue weighted by Crippen LogP contribution is 2.29. The van der Waals surface area contributed by atoms with Crippen LogP contribution in [0.4, 0.5) is 13.9 Å². The molecule has 0 fully saturated rings. The number of amides is 1. The Labute approximate surface area is 116 Å². The summed E-state index contributed by atoms with van der Waals surface area (Å²) in [5.74, 6) is -0.617. The van der Waals surface area contributed by atoms with Crippen LogP contribution in [0.15, 0.2) is 23.7 Å². The molecule has 20 heavy (non-hydrogen) atoms. The Bertz CT molecular complexity index is 593. The fourth-order valence-electron chi connectivity index (χ4n) is 1.40. The maximum atomic E-state index is 12.3. The van der Waals surface area contributed by atoms with Gasteiger partial charge in [0.15, 0.2) is 11.5 Å². The van der Waals surface area contributed by atoms with Crippen LogP contribution in [-0.2, 0) is 0 Å². The summed E-state index contributed by atoms with van der Waals surface area (Å²) in [5.41, 5.74) is 1.59. The average molecular weight is 301 g/mol. The topological polar surface area (TPSA) is 73.3 Å². The number of ether oxygens (including phenoxy) is 2. The second kappa shape index (κ2) is 6.24. The first-order valence-electron chi connectivity index (χ1n) is 5.30. The van der Waals surface area contributed by atoms with Crippen molar-refractivity contribution < 1.29 is 23.0 Å². The number of aromatic nitrogens is 2. The predicted molar refractivity (Wildman–Crippen MR) is 67.5 cm³/mol. The first-order valence-corrected chi connectivity index (χ1v) is 6.18. The van der Waals surface area contributed by atoms with Crippen molar-refractivity contribution in [2.24, 2.45) is 0 Å². The monoisotopic (exact) mass is 301 g/mol. The van der Waals surface area contributed by atoms with Gasteiger partial charge in [0.1, 0.15) is 5.51 Å². The molecule has 1 aromatic heterocycles. The smallest absolute Gasteiger partial charge is 0.387 e. The second-order valence-corrected chi connectivity index (χ2v) is 4.28. The fourth-order valence-corrected chi connectivity index (χ4v) is 1.84. The Morgan fingerprint density at radius 2 is 2.20 bits per heavy atom. The van der Waals surface area contributed by atoms with Crippen LogP contribution in [0.25, 0.3) is 0 Å². The van der Waals surface area contributed by atoms with Gasteiger partial charge in [-0.1, -0.05) is 11.3 Å². The molecule has 0 aliphatic rings. The summed E-state index contributed by atoms with van der Waals surface area (Å²) in [7, 11) is 1.31. The minimum absolute atomic E-state index is 0.109. The maximum absolute atomic E-state index is 12.3. The van der Waals surface area contributed by atoms with Crippen LogP contribution in [0.5, 0.6) is 11.5 Å². The summed E-state index contributed by atoms with van der Waals surface area (Å²) < 4.78 is 33.7. The summed E-state index contributed by atoms with van der Waals surface area (Å²) in [6.07, 6.45) is 0. The normalized spacial score (nSPS) is 10.4. The lowest BCUT2D eigenvalue weighted by Crippen LogP contribution is -2.12. The molecule has 2 aromatic rings. The third kappa shape index (κ3) is 3.38. The van der Waals surface area contributed by atoms with E-state index in [9.17, 15) is 13.6 Å². The number of alkyl halides is 2. The Balaban J connectivity index is 2.21. The number of carbonyl (C=O) groups excluding carboxylic acids is 1. The third-order valence-corrected chi connectivity index (χ3v) is 2.83. The van der Waals surface area contributed by atoms with Gasteiger partial charge in [-0.25, -0.2) is 0 Å². The summed E-state index contributed by atoms with van der Waals surface area (Å²) >= 11 is 1.14. The molecule has 0 saturated carbocycles. The highest BCUT2D eigenvalue weighted by Gasteiger charge is 2.15. The first-order chi connectivity index (χ1) is 9.60. The highest BCUT2D eigenvalue weighted by molar-refractivity contribution is 7.13. The standard InChI is InChI=1S/C11H9F2N3O3S/c1-18-7-3-2-6(4-8(7)19-10(12)13)9(17)15-11-16-14-5-20-11/h2-5,10H,1H3,(H,15,16,17). The van der Waals surface area contributed by atoms with Gasteiger partial charge in [0.25, 0.3) is 5.91 Å². The Morgan fingerprint density at radius 3 is 2.80 bits per heavy atom. The van der Waals surface area contributed by atoms with Crippen molar-refractivity contribution >= 4 is 22.4 Å². The number of anilines is 1. The van der Waals surface area contributed by atoms with Gasteiger partial charge in [0.2, 0.25) is 5.13 Å². The molecule has 0 bridgehead atoms. The molecule has 106 valence electrons. The van der Waals surface area contributed by atoms with E-state index in [0.29, 0.717) is 5.13 Å². The van der Waals surface area contributed by atoms with E-state index >= 15 is 0 Å². The Kier molecular flexibility index (Phi) is 4.41. The van der Waals surface area contributed by atoms with E-state index in [0.717, 1.165) is 11.3 Å². The molecule has 0 saturated heterocycles. The molecule has 2 rings (SSSR count). The van der Waals surface area contributed by atoms with Gasteiger partial charge in [0.05, 0.1) is 7.11 Å². The zero-order valence-corrected chi connectivity index (χ0v) is 11.0. The average Bonchev–Trinajstić information content (AvgIpc) is 2.90. The van der Waals surface area contributed by atoms with E-state index in [1.54, 1.807) is 0 Å². The first kappa shape index (κ1) is 14.1. The Hall–Kier alpha value is -2.29. The molecule has 0 unspecified atom stereocenters. The third-order valence-electron chi connectivity index (χ3n) is 2.22. The SMILES string of the molecule is COc1ccc(C(=O)Nc2nncs2)cc1OC(F)F. The van der Waals surface area contributed by atoms with E-state index in [4.69, 9.17) is 4.74 Å². The largest absolute Gasteiger partial charge is 0.493 e. The van der Waals surface area contributed by atoms with Crippen LogP contribution in [-0.4, -0.2) is 29.8 Å². The van der Waals surface area contributed by atoms with E-state index in [1.807, 2.05) is 0 Å². The quantitative estimate of drug-likeness (QED) is 0.918. The second-order valence-electron chi connectivity index (χ2n) is 3.44. The molecule has 1 amide bonds. The molecule has 1 N–H and O–H groups in total. The van der Waals surface area contributed by atoms with Crippen LogP contribution in [0.3, 0.4) is 0 Å². The van der Waals surface area contributed by atoms with Gasteiger partial charge in [0, 0.05) is 5.56 Å². The van der Waals surface area contributed by atoms with E-state index in [1.165, 1.54) is 30.8 Å². The van der Waals surface area contributed by atoms with Crippen LogP contribution >= 0.6 is 11.3 Å². The van der Waals surface area contributed by atoms with E-state index < -0.39 is 12.5 Å². The maximum Gasteiger partial charge on any atom is 0.387 e. The minimum atomic E-state index is -3.01. The zero-order valence-electron chi connectivity index (χ0n) is 10.2. The summed E-state index contributed by atoms with van der Waals surface area (Å²) in [5, 5.41) is 10.00. The highest BCUT2D eigenvalue weighted by atomic mass is 32.1. The van der Waals surface area contributed by atoms with Crippen LogP contribution in [0.2, 0.25) is 0 Å². The van der Waals surface area contributed by atoms with Gasteiger partial charge >= 0.3 is 6.61 Å². The number of nitrogens with zero attached hydrogens (tertiary/aromatic N) is 2. The molecule has 0 aliphatic heterocycles. The number of nitrogens with one attached hydrogen (secondary N) is 1. The lowest BCUT2D eigenvalue weighted by atomic mass is 10.2. The van der Waals surface area contributed by atoms with Crippen molar-refractivity contribution in [1.82, 2.24) is 10.2 Å². The van der Waals surface area contributed by atoms with Crippen molar-refractivity contribution in [2.45, 2.75) is 6.61 Å². The van der Waals surface area contributed by atoms with Gasteiger partial charge in [-0.15, -0.1) is 10.2 Å². The zero-order chi connectivity index (χ0) is 14.5. The fraction of sp³-hybridized carbons (Fsp3) is 0.182. The van der Waals surface area contributed by atoms with E-state index in [2.05, 4.69) is 20.3 Å². The molecule has 0 radical (unpaired) electrons. The van der Waals surface area contributed by atoms with Crippen LogP contribution in [0.1, 0.15) is 10.4 Å². The number of carbonyl (C=O) groups is 1. The lowest BCUT2D eigenvalue weighted by molar-refractivity contribution is -0.0512. The summed E-state index contributed by atoms with van der Waals surface area (Å²) in [6.45, 7) is -3.01. The molecule has 1 aromatic carbocycles. The van der Waals surface area contributed by atoms with Crippen molar-refractivity contribution in [3.63, 3.8) is 0 Å². The molecular weight excluding hydrogens is 292 g/mol. The lowest BCUT2D eigenvalue weighted by Gasteiger charge is -2.11. The van der Waals surface area contributed by atoms with Crippen molar-refractivity contribution in [3.05, 3.63) is 29.3 Å². The van der Waals surface area contributed by atoms with Gasteiger partial charge < -0.3 is 9.47 Å². The molecule has 0 aliphatic carbocycles. The number of halogens is 2. The van der Waals surface area contributed by atoms with Crippen molar-refractivity contribution in [2.75, 3.05) is 12.4 Å². The molecule has 0 atom stereocenters. The van der Waals surface area contributed by atoms with Gasteiger partial charge in [-0.3, -0.25) is 10.1 Å². The molecule has 1 heterocycles. The van der Waals surface area contributed by atoms with Crippen molar-refractivity contribution in [1.29, 1.82) is 0 Å². The summed E-state index contributed by atoms with van der Waals surface area (Å²) in [4.78, 5) is 11.9. The molecule has 6 nitrogen and oxygen atoms in total. The van der Waals surface area contributed by atoms with Gasteiger partial charge in [-0.2, -0.15) is 8.78 Å². The summed E-state index contributed by atoms with van der Waals surface area (Å²) in [6, 6.07) is 3.96. The number of rotatable bonds is 5. The molecule has 9 heteroatoms. The number of hydrogen-bond donors (Lipinski definition) is 1. The number of benzene rings is 1. The van der Waals surface area contributed by atoms with Crippen LogP contribution in [0, 0.1) is 0 Å².